The third-order valence-corrected chi connectivity index (χ3v) is 6.60. The Balaban J connectivity index is 1.59. The molecule has 130 valence electrons. The van der Waals surface area contributed by atoms with Crippen molar-refractivity contribution in [3.05, 3.63) is 24.3 Å². The maximum atomic E-state index is 12.6. The number of aliphatic carboxylic acids is 1. The molecule has 0 heterocycles. The van der Waals surface area contributed by atoms with Crippen LogP contribution in [0.5, 0.6) is 0 Å². The van der Waals surface area contributed by atoms with Gasteiger partial charge in [-0.3, -0.25) is 9.59 Å². The molecule has 2 aliphatic carbocycles. The van der Waals surface area contributed by atoms with E-state index in [-0.39, 0.29) is 17.7 Å². The molecule has 0 bridgehead atoms. The van der Waals surface area contributed by atoms with Crippen LogP contribution >= 0.6 is 11.8 Å². The van der Waals surface area contributed by atoms with Crippen LogP contribution in [0.2, 0.25) is 0 Å². The summed E-state index contributed by atoms with van der Waals surface area (Å²) in [6.45, 7) is 0. The van der Waals surface area contributed by atoms with Gasteiger partial charge in [0.25, 0.3) is 0 Å². The van der Waals surface area contributed by atoms with E-state index in [9.17, 15) is 9.59 Å². The highest BCUT2D eigenvalue weighted by Gasteiger charge is 2.30. The van der Waals surface area contributed by atoms with Crippen LogP contribution in [0, 0.1) is 11.8 Å². The molecule has 0 saturated heterocycles. The SMILES string of the molecule is O=C(O)C1CCC(C(=O)Nc2ccccc2SC2CCCC2)CC1. The lowest BCUT2D eigenvalue weighted by atomic mass is 9.81. The van der Waals surface area contributed by atoms with Gasteiger partial charge in [-0.1, -0.05) is 25.0 Å². The Hall–Kier alpha value is -1.49. The summed E-state index contributed by atoms with van der Waals surface area (Å²) < 4.78 is 0. The van der Waals surface area contributed by atoms with Gasteiger partial charge in [0.15, 0.2) is 0 Å². The fourth-order valence-corrected chi connectivity index (χ4v) is 5.03. The molecule has 2 fully saturated rings. The molecule has 24 heavy (non-hydrogen) atoms. The summed E-state index contributed by atoms with van der Waals surface area (Å²) in [4.78, 5) is 24.7. The van der Waals surface area contributed by atoms with Crippen LogP contribution in [0.3, 0.4) is 0 Å². The summed E-state index contributed by atoms with van der Waals surface area (Å²) >= 11 is 1.88. The molecule has 0 aliphatic heterocycles. The van der Waals surface area contributed by atoms with Crippen molar-refractivity contribution in [2.45, 2.75) is 61.5 Å². The number of nitrogens with one attached hydrogen (secondary N) is 1. The third-order valence-electron chi connectivity index (χ3n) is 5.19. The standard InChI is InChI=1S/C19H25NO3S/c21-18(13-9-11-14(12-10-13)19(22)23)20-16-7-3-4-8-17(16)24-15-5-1-2-6-15/h3-4,7-8,13-15H,1-2,5-6,9-12H2,(H,20,21)(H,22,23). The van der Waals surface area contributed by atoms with Gasteiger partial charge in [0.2, 0.25) is 5.91 Å². The number of hydrogen-bond acceptors (Lipinski definition) is 3. The monoisotopic (exact) mass is 347 g/mol. The number of benzene rings is 1. The van der Waals surface area contributed by atoms with Crippen molar-refractivity contribution in [1.82, 2.24) is 0 Å². The molecule has 0 radical (unpaired) electrons. The van der Waals surface area contributed by atoms with Crippen LogP contribution in [-0.4, -0.2) is 22.2 Å². The molecule has 0 spiro atoms. The summed E-state index contributed by atoms with van der Waals surface area (Å²) in [6, 6.07) is 8.03. The van der Waals surface area contributed by atoms with Gasteiger partial charge >= 0.3 is 5.97 Å². The molecule has 1 aromatic carbocycles. The number of carbonyl (C=O) groups excluding carboxylic acids is 1. The van der Waals surface area contributed by atoms with Gasteiger partial charge in [0, 0.05) is 16.1 Å². The number of carboxylic acid groups (broad SMARTS) is 1. The van der Waals surface area contributed by atoms with Gasteiger partial charge in [-0.2, -0.15) is 0 Å². The molecule has 1 aromatic rings. The lowest BCUT2D eigenvalue weighted by Gasteiger charge is -2.25. The van der Waals surface area contributed by atoms with Crippen molar-refractivity contribution < 1.29 is 14.7 Å². The Bertz CT molecular complexity index is 590. The largest absolute Gasteiger partial charge is 0.481 e. The van der Waals surface area contributed by atoms with Crippen molar-refractivity contribution in [2.24, 2.45) is 11.8 Å². The quantitative estimate of drug-likeness (QED) is 0.820. The molecule has 2 N–H and O–H groups in total. The van der Waals surface area contributed by atoms with Gasteiger partial charge in [-0.05, 0) is 50.7 Å². The second kappa shape index (κ2) is 8.06. The molecular formula is C19H25NO3S. The molecule has 3 rings (SSSR count). The first-order chi connectivity index (χ1) is 11.6. The number of carboxylic acids is 1. The zero-order valence-corrected chi connectivity index (χ0v) is 14.7. The average Bonchev–Trinajstić information content (AvgIpc) is 3.10. The lowest BCUT2D eigenvalue weighted by molar-refractivity contribution is -0.143. The van der Waals surface area contributed by atoms with Crippen LogP contribution in [-0.2, 0) is 9.59 Å². The highest BCUT2D eigenvalue weighted by Crippen LogP contribution is 2.38. The van der Waals surface area contributed by atoms with Crippen molar-refractivity contribution in [2.75, 3.05) is 5.32 Å². The van der Waals surface area contributed by atoms with E-state index in [1.165, 1.54) is 25.7 Å². The molecule has 4 nitrogen and oxygen atoms in total. The fourth-order valence-electron chi connectivity index (χ4n) is 3.70. The van der Waals surface area contributed by atoms with Gasteiger partial charge in [0.05, 0.1) is 11.6 Å². The van der Waals surface area contributed by atoms with E-state index in [4.69, 9.17) is 5.11 Å². The van der Waals surface area contributed by atoms with E-state index in [2.05, 4.69) is 11.4 Å². The van der Waals surface area contributed by atoms with Crippen LogP contribution in [0.1, 0.15) is 51.4 Å². The minimum absolute atomic E-state index is 0.0401. The number of para-hydroxylation sites is 1. The molecule has 0 unspecified atom stereocenters. The normalized spacial score (nSPS) is 24.7. The Morgan fingerprint density at radius 1 is 0.958 bits per heavy atom. The third kappa shape index (κ3) is 4.32. The van der Waals surface area contributed by atoms with E-state index in [1.54, 1.807) is 0 Å². The summed E-state index contributed by atoms with van der Waals surface area (Å²) in [6.07, 6.45) is 7.66. The molecule has 1 amide bonds. The highest BCUT2D eigenvalue weighted by atomic mass is 32.2. The Kier molecular flexibility index (Phi) is 5.82. The molecule has 2 saturated carbocycles. The van der Waals surface area contributed by atoms with E-state index < -0.39 is 5.97 Å². The van der Waals surface area contributed by atoms with Crippen molar-refractivity contribution >= 4 is 29.3 Å². The van der Waals surface area contributed by atoms with Gasteiger partial charge in [-0.15, -0.1) is 11.8 Å². The van der Waals surface area contributed by atoms with Gasteiger partial charge < -0.3 is 10.4 Å². The van der Waals surface area contributed by atoms with Crippen molar-refractivity contribution in [3.63, 3.8) is 0 Å². The van der Waals surface area contributed by atoms with Crippen LogP contribution in [0.4, 0.5) is 5.69 Å². The minimum atomic E-state index is -0.729. The van der Waals surface area contributed by atoms with E-state index in [1.807, 2.05) is 30.0 Å². The lowest BCUT2D eigenvalue weighted by Crippen LogP contribution is -2.29. The fraction of sp³-hybridized carbons (Fsp3) is 0.579. The zero-order chi connectivity index (χ0) is 16.9. The molecule has 5 heteroatoms. The summed E-state index contributed by atoms with van der Waals surface area (Å²) in [5.74, 6) is -1.03. The Morgan fingerprint density at radius 2 is 1.58 bits per heavy atom. The van der Waals surface area contributed by atoms with Gasteiger partial charge in [-0.25, -0.2) is 0 Å². The summed E-state index contributed by atoms with van der Waals surface area (Å²) in [5, 5.41) is 12.8. The van der Waals surface area contributed by atoms with Crippen molar-refractivity contribution in [1.29, 1.82) is 0 Å². The summed E-state index contributed by atoms with van der Waals surface area (Å²) in [5.41, 5.74) is 0.903. The number of anilines is 1. The molecule has 2 aliphatic rings. The summed E-state index contributed by atoms with van der Waals surface area (Å²) in [7, 11) is 0. The molecule has 0 atom stereocenters. The van der Waals surface area contributed by atoms with E-state index in [0.29, 0.717) is 30.9 Å². The highest BCUT2D eigenvalue weighted by molar-refractivity contribution is 8.00. The number of rotatable bonds is 5. The predicted octanol–water partition coefficient (Wildman–Crippen LogP) is 4.55. The Morgan fingerprint density at radius 3 is 2.25 bits per heavy atom. The maximum absolute atomic E-state index is 12.6. The van der Waals surface area contributed by atoms with Crippen molar-refractivity contribution in [3.8, 4) is 0 Å². The first-order valence-corrected chi connectivity index (χ1v) is 9.81. The van der Waals surface area contributed by atoms with Crippen LogP contribution in [0.15, 0.2) is 29.2 Å². The first-order valence-electron chi connectivity index (χ1n) is 8.93. The number of amides is 1. The maximum Gasteiger partial charge on any atom is 0.306 e. The number of thioether (sulfide) groups is 1. The smallest absolute Gasteiger partial charge is 0.306 e. The average molecular weight is 347 g/mol. The van der Waals surface area contributed by atoms with Crippen LogP contribution in [0.25, 0.3) is 0 Å². The Labute approximate surface area is 147 Å². The second-order valence-corrected chi connectivity index (χ2v) is 8.24. The number of hydrogen-bond donors (Lipinski definition) is 2. The number of carbonyl (C=O) groups is 2. The molecular weight excluding hydrogens is 322 g/mol. The second-order valence-electron chi connectivity index (χ2n) is 6.90. The van der Waals surface area contributed by atoms with E-state index in [0.717, 1.165) is 10.6 Å². The van der Waals surface area contributed by atoms with Gasteiger partial charge in [0.1, 0.15) is 0 Å². The minimum Gasteiger partial charge on any atom is -0.481 e. The first kappa shape index (κ1) is 17.3. The van der Waals surface area contributed by atoms with Crippen LogP contribution < -0.4 is 5.32 Å². The zero-order valence-electron chi connectivity index (χ0n) is 13.9. The van der Waals surface area contributed by atoms with E-state index >= 15 is 0 Å². The topological polar surface area (TPSA) is 66.4 Å². The molecule has 0 aromatic heterocycles. The predicted molar refractivity (Wildman–Crippen MR) is 96.3 cm³/mol.